The van der Waals surface area contributed by atoms with Gasteiger partial charge in [-0.2, -0.15) is 0 Å². The Hall–Kier alpha value is 2.99. The van der Waals surface area contributed by atoms with Crippen molar-refractivity contribution in [3.8, 4) is 0 Å². The second-order valence-corrected chi connectivity index (χ2v) is 0. The summed E-state index contributed by atoms with van der Waals surface area (Å²) in [7, 11) is 0. The minimum Gasteiger partial charge on any atom is -1.00 e. The molecule has 0 aliphatic carbocycles. The molecule has 4 heteroatoms. The Morgan fingerprint density at radius 3 is 0.600 bits per heavy atom. The molecule has 0 aromatic rings. The smallest absolute Gasteiger partial charge is 1.00 e. The zero-order valence-electron chi connectivity index (χ0n) is 3.17. The van der Waals surface area contributed by atoms with Gasteiger partial charge < -0.3 is 55.4 Å². The summed E-state index contributed by atoms with van der Waals surface area (Å²) in [5.41, 5.74) is 0. The molecule has 0 aliphatic heterocycles. The molecule has 5 heavy (non-hydrogen) atoms. The van der Waals surface area contributed by atoms with Crippen molar-refractivity contribution in [1.82, 2.24) is 0 Å². The third-order valence-corrected chi connectivity index (χ3v) is 0. The summed E-state index contributed by atoms with van der Waals surface area (Å²) in [5.74, 6) is 0. The van der Waals surface area contributed by atoms with Crippen LogP contribution in [0.3, 0.4) is 0 Å². The number of halogens is 2. The molecule has 0 saturated heterocycles. The summed E-state index contributed by atoms with van der Waals surface area (Å²) in [6.07, 6.45) is 0. The van der Waals surface area contributed by atoms with Crippen LogP contribution in [0.25, 0.3) is 0 Å². The molecule has 0 spiro atoms. The zero-order valence-corrected chi connectivity index (χ0v) is 10.3. The topological polar surface area (TPSA) is 0 Å². The molecule has 0 fully saturated rings. The van der Waals surface area contributed by atoms with Gasteiger partial charge in [0.1, 0.15) is 0 Å². The van der Waals surface area contributed by atoms with Crippen LogP contribution in [0.2, 0.25) is 0 Å². The molecule has 0 N–H and O–H groups in total. The van der Waals surface area contributed by atoms with E-state index < -0.39 is 0 Å². The fourth-order valence-electron chi connectivity index (χ4n) is 0. The van der Waals surface area contributed by atoms with Gasteiger partial charge in [-0.05, 0) is 0 Å². The second-order valence-electron chi connectivity index (χ2n) is 0. The molecule has 0 aromatic carbocycles. The van der Waals surface area contributed by atoms with Crippen LogP contribution in [0.5, 0.6) is 0 Å². The van der Waals surface area contributed by atoms with E-state index in [1.165, 1.54) is 0 Å². The Balaban J connectivity index is 0. The van der Waals surface area contributed by atoms with Crippen molar-refractivity contribution in [3.63, 3.8) is 0 Å². The van der Waals surface area contributed by atoms with Crippen LogP contribution in [0, 0.1) is 7.43 Å². The quantitative estimate of drug-likeness (QED) is 0.237. The van der Waals surface area contributed by atoms with E-state index in [0.717, 1.165) is 0 Å². The maximum Gasteiger partial charge on any atom is 2.00 e. The third-order valence-electron chi connectivity index (χ3n) is 0. The number of rotatable bonds is 0. The number of hydrogen-bond acceptors (Lipinski definition) is 0. The normalized spacial score (nSPS) is 0. The van der Waals surface area contributed by atoms with Gasteiger partial charge in [0.15, 0.2) is 0 Å². The summed E-state index contributed by atoms with van der Waals surface area (Å²) in [5, 5.41) is 0. The van der Waals surface area contributed by atoms with Crippen molar-refractivity contribution in [2.24, 2.45) is 0 Å². The van der Waals surface area contributed by atoms with E-state index in [-0.39, 0.29) is 101 Å². The fraction of sp³-hybridized carbons (Fsp3) is 0. The van der Waals surface area contributed by atoms with E-state index in [9.17, 15) is 0 Å². The first-order chi connectivity index (χ1) is 0. The molecule has 0 bridgehead atoms. The first-order valence-electron chi connectivity index (χ1n) is 0. The molecular weight excluding hydrogens is 314 g/mol. The average molecular weight is 317 g/mol. The molecular formula is CH3I2Mg2+. The van der Waals surface area contributed by atoms with Gasteiger partial charge in [-0.1, -0.05) is 0 Å². The summed E-state index contributed by atoms with van der Waals surface area (Å²) in [4.78, 5) is 0. The van der Waals surface area contributed by atoms with Gasteiger partial charge in [-0.15, -0.1) is 0 Å². The Bertz CT molecular complexity index is 7.61. The van der Waals surface area contributed by atoms with Crippen LogP contribution in [-0.2, 0) is 0 Å². The fourth-order valence-corrected chi connectivity index (χ4v) is 0. The Labute approximate surface area is 99.6 Å². The van der Waals surface area contributed by atoms with Crippen LogP contribution in [0.15, 0.2) is 0 Å². The van der Waals surface area contributed by atoms with Gasteiger partial charge in [-0.25, -0.2) is 0 Å². The molecule has 0 radical (unpaired) electrons. The van der Waals surface area contributed by atoms with Crippen LogP contribution >= 0.6 is 0 Å². The molecule has 0 aromatic heterocycles. The molecule has 0 nitrogen and oxygen atoms in total. The Morgan fingerprint density at radius 2 is 0.600 bits per heavy atom. The van der Waals surface area contributed by atoms with Gasteiger partial charge >= 0.3 is 46.1 Å². The molecule has 0 rings (SSSR count). The molecule has 0 unspecified atom stereocenters. The van der Waals surface area contributed by atoms with Crippen LogP contribution in [-0.4, -0.2) is 46.1 Å². The molecule has 0 heterocycles. The SMILES string of the molecule is [CH3-].[I-].[I-].[Mg+2].[Mg+2]. The largest absolute Gasteiger partial charge is 2.00 e. The third kappa shape index (κ3) is 19.5. The van der Waals surface area contributed by atoms with Crippen molar-refractivity contribution in [2.75, 3.05) is 0 Å². The minimum atomic E-state index is 0. The van der Waals surface area contributed by atoms with E-state index in [0.29, 0.717) is 0 Å². The predicted octanol–water partition coefficient (Wildman–Crippen LogP) is -6.30. The van der Waals surface area contributed by atoms with Gasteiger partial charge in [0, 0.05) is 0 Å². The molecule has 0 saturated carbocycles. The van der Waals surface area contributed by atoms with Crippen LogP contribution < -0.4 is 48.0 Å². The average Bonchev–Trinajstić information content (AvgIpc) is 0. The summed E-state index contributed by atoms with van der Waals surface area (Å²) in [6, 6.07) is 0. The van der Waals surface area contributed by atoms with Crippen molar-refractivity contribution < 1.29 is 48.0 Å². The zero-order chi connectivity index (χ0) is 0. The summed E-state index contributed by atoms with van der Waals surface area (Å²) in [6.45, 7) is 0. The standard InChI is InChI=1S/CH3.2HI.2Mg/h1H3;2*1H;;/q-1;;;2*+2/p-2. The van der Waals surface area contributed by atoms with E-state index in [2.05, 4.69) is 0 Å². The van der Waals surface area contributed by atoms with Crippen molar-refractivity contribution >= 4 is 46.1 Å². The predicted molar refractivity (Wildman–Crippen MR) is 17.9 cm³/mol. The van der Waals surface area contributed by atoms with E-state index in [1.807, 2.05) is 0 Å². The molecule has 0 aliphatic rings. The summed E-state index contributed by atoms with van der Waals surface area (Å²) >= 11 is 0. The van der Waals surface area contributed by atoms with Gasteiger partial charge in [0.2, 0.25) is 0 Å². The second kappa shape index (κ2) is 28.0. The van der Waals surface area contributed by atoms with E-state index >= 15 is 0 Å². The van der Waals surface area contributed by atoms with Crippen molar-refractivity contribution in [3.05, 3.63) is 7.43 Å². The maximum atomic E-state index is 0. The van der Waals surface area contributed by atoms with Crippen molar-refractivity contribution in [1.29, 1.82) is 0 Å². The first kappa shape index (κ1) is 43.6. The van der Waals surface area contributed by atoms with Gasteiger partial charge in [0.05, 0.1) is 0 Å². The van der Waals surface area contributed by atoms with Gasteiger partial charge in [0.25, 0.3) is 0 Å². The van der Waals surface area contributed by atoms with Gasteiger partial charge in [-0.3, -0.25) is 0 Å². The minimum absolute atomic E-state index is 0. The molecule has 0 atom stereocenters. The molecule has 0 amide bonds. The Kier molecular flexibility index (Phi) is 245. The Morgan fingerprint density at radius 1 is 0.600 bits per heavy atom. The summed E-state index contributed by atoms with van der Waals surface area (Å²) < 4.78 is 0. The van der Waals surface area contributed by atoms with E-state index in [1.54, 1.807) is 0 Å². The monoisotopic (exact) mass is 317 g/mol. The van der Waals surface area contributed by atoms with Crippen LogP contribution in [0.4, 0.5) is 0 Å². The maximum absolute atomic E-state index is 0. The first-order valence-corrected chi connectivity index (χ1v) is 0. The molecule has 24 valence electrons. The van der Waals surface area contributed by atoms with Crippen LogP contribution in [0.1, 0.15) is 0 Å². The van der Waals surface area contributed by atoms with Crippen molar-refractivity contribution in [2.45, 2.75) is 0 Å². The van der Waals surface area contributed by atoms with E-state index in [4.69, 9.17) is 0 Å². The number of hydrogen-bond donors (Lipinski definition) is 0.